The molecule has 0 saturated carbocycles. The van der Waals surface area contributed by atoms with Crippen molar-refractivity contribution in [1.82, 2.24) is 0 Å². The Hall–Kier alpha value is -2.92. The van der Waals surface area contributed by atoms with Crippen molar-refractivity contribution in [3.8, 4) is 0 Å². The zero-order valence-corrected chi connectivity index (χ0v) is 45.1. The third-order valence-electron chi connectivity index (χ3n) is 12.4. The first kappa shape index (κ1) is 65.1. The SMILES string of the molecule is CC/C=C\C/C=C\C/C=C\C/C=C\CCCCCCCOCC(COC(=O)CCCCCCCC/C=C\C/C=C\C/C=C\CCCCC)OC(=O)CCCCCCCCCCCCCCCCC. The van der Waals surface area contributed by atoms with E-state index in [9.17, 15) is 9.59 Å². The van der Waals surface area contributed by atoms with Gasteiger partial charge in [-0.25, -0.2) is 0 Å². The predicted molar refractivity (Wildman–Crippen MR) is 297 cm³/mol. The quantitative estimate of drug-likeness (QED) is 0.0345. The molecule has 0 aliphatic rings. The molecule has 0 aliphatic carbocycles. The number of ether oxygens (including phenoxy) is 3. The third kappa shape index (κ3) is 55.7. The Bertz CT molecular complexity index is 1250. The van der Waals surface area contributed by atoms with Crippen LogP contribution in [-0.2, 0) is 23.8 Å². The summed E-state index contributed by atoms with van der Waals surface area (Å²) in [5.41, 5.74) is 0. The minimum Gasteiger partial charge on any atom is -0.462 e. The zero-order valence-electron chi connectivity index (χ0n) is 45.1. The summed E-state index contributed by atoms with van der Waals surface area (Å²) in [5.74, 6) is -0.415. The smallest absolute Gasteiger partial charge is 0.306 e. The summed E-state index contributed by atoms with van der Waals surface area (Å²) in [6, 6.07) is 0. The van der Waals surface area contributed by atoms with Crippen LogP contribution in [0, 0.1) is 0 Å². The maximum atomic E-state index is 12.9. The molecular weight excluding hydrogens is 837 g/mol. The summed E-state index contributed by atoms with van der Waals surface area (Å²) in [4.78, 5) is 25.5. The molecule has 0 bridgehead atoms. The van der Waals surface area contributed by atoms with Crippen molar-refractivity contribution < 1.29 is 23.8 Å². The molecule has 392 valence electrons. The summed E-state index contributed by atoms with van der Waals surface area (Å²) in [6.45, 7) is 7.66. The van der Waals surface area contributed by atoms with E-state index in [1.165, 1.54) is 148 Å². The van der Waals surface area contributed by atoms with Crippen LogP contribution in [0.25, 0.3) is 0 Å². The van der Waals surface area contributed by atoms with Crippen LogP contribution < -0.4 is 0 Å². The Balaban J connectivity index is 4.33. The van der Waals surface area contributed by atoms with Gasteiger partial charge in [-0.2, -0.15) is 0 Å². The van der Waals surface area contributed by atoms with Crippen LogP contribution in [-0.4, -0.2) is 37.9 Å². The zero-order chi connectivity index (χ0) is 49.2. The molecule has 0 aromatic heterocycles. The van der Waals surface area contributed by atoms with E-state index < -0.39 is 6.10 Å². The van der Waals surface area contributed by atoms with Crippen molar-refractivity contribution >= 4 is 11.9 Å². The van der Waals surface area contributed by atoms with E-state index in [4.69, 9.17) is 14.2 Å². The van der Waals surface area contributed by atoms with E-state index in [0.29, 0.717) is 19.4 Å². The van der Waals surface area contributed by atoms with E-state index in [1.54, 1.807) is 0 Å². The molecule has 0 aliphatic heterocycles. The van der Waals surface area contributed by atoms with Crippen LogP contribution in [0.5, 0.6) is 0 Å². The topological polar surface area (TPSA) is 61.8 Å². The lowest BCUT2D eigenvalue weighted by atomic mass is 10.0. The van der Waals surface area contributed by atoms with Crippen molar-refractivity contribution in [2.24, 2.45) is 0 Å². The molecule has 0 rings (SSSR count). The van der Waals surface area contributed by atoms with Gasteiger partial charge in [0.05, 0.1) is 6.61 Å². The molecule has 0 N–H and O–H groups in total. The highest BCUT2D eigenvalue weighted by molar-refractivity contribution is 5.70. The summed E-state index contributed by atoms with van der Waals surface area (Å²) >= 11 is 0. The highest BCUT2D eigenvalue weighted by atomic mass is 16.6. The van der Waals surface area contributed by atoms with Crippen molar-refractivity contribution in [3.05, 3.63) is 85.1 Å². The fourth-order valence-corrected chi connectivity index (χ4v) is 8.10. The fourth-order valence-electron chi connectivity index (χ4n) is 8.10. The predicted octanol–water partition coefficient (Wildman–Crippen LogP) is 20.0. The fraction of sp³-hybridized carbons (Fsp3) is 0.746. The lowest BCUT2D eigenvalue weighted by Crippen LogP contribution is -2.30. The second-order valence-corrected chi connectivity index (χ2v) is 19.2. The highest BCUT2D eigenvalue weighted by Gasteiger charge is 2.17. The molecule has 0 fully saturated rings. The van der Waals surface area contributed by atoms with E-state index in [1.807, 2.05) is 0 Å². The van der Waals surface area contributed by atoms with Crippen molar-refractivity contribution in [2.75, 3.05) is 19.8 Å². The molecule has 0 saturated heterocycles. The molecule has 0 spiro atoms. The Morgan fingerprint density at radius 3 is 1.09 bits per heavy atom. The van der Waals surface area contributed by atoms with Gasteiger partial charge in [-0.05, 0) is 96.3 Å². The van der Waals surface area contributed by atoms with E-state index >= 15 is 0 Å². The Labute approximate surface area is 422 Å². The molecule has 0 heterocycles. The minimum atomic E-state index is -0.554. The molecule has 5 heteroatoms. The second kappa shape index (κ2) is 58.4. The van der Waals surface area contributed by atoms with E-state index in [2.05, 4.69) is 106 Å². The lowest BCUT2D eigenvalue weighted by Gasteiger charge is -2.18. The molecule has 0 radical (unpaired) electrons. The minimum absolute atomic E-state index is 0.0697. The van der Waals surface area contributed by atoms with Gasteiger partial charge in [0.1, 0.15) is 6.61 Å². The Kier molecular flexibility index (Phi) is 55.9. The normalized spacial score (nSPS) is 12.8. The van der Waals surface area contributed by atoms with Gasteiger partial charge < -0.3 is 14.2 Å². The summed E-state index contributed by atoms with van der Waals surface area (Å²) in [6.07, 6.45) is 77.4. The number of rotatable bonds is 53. The molecule has 0 aromatic carbocycles. The van der Waals surface area contributed by atoms with Crippen LogP contribution in [0.15, 0.2) is 85.1 Å². The standard InChI is InChI=1S/C63H110O5/c1-4-7-10-13-16-19-22-25-28-30-32-33-36-38-41-44-47-50-53-56-62(64)67-60-61(68-63(65)57-54-51-48-45-42-39-35-27-24-21-18-15-12-9-6-3)59-66-58-55-52-49-46-43-40-37-34-31-29-26-23-20-17-14-11-8-5-2/h8,11,16-17,19-20,25-26,28-29,32-34,37,61H,4-7,9-10,12-15,18,21-24,27,30-31,35-36,38-60H2,1-3H3/b11-8-,19-16-,20-17-,28-25-,29-26-,33-32-,37-34-. The van der Waals surface area contributed by atoms with E-state index in [-0.39, 0.29) is 25.2 Å². The monoisotopic (exact) mass is 947 g/mol. The summed E-state index contributed by atoms with van der Waals surface area (Å²) in [7, 11) is 0. The van der Waals surface area contributed by atoms with Crippen molar-refractivity contribution in [1.29, 1.82) is 0 Å². The second-order valence-electron chi connectivity index (χ2n) is 19.2. The number of unbranched alkanes of at least 4 members (excludes halogenated alkanes) is 28. The van der Waals surface area contributed by atoms with Crippen LogP contribution in [0.2, 0.25) is 0 Å². The number of carbonyl (C=O) groups excluding carboxylic acids is 2. The van der Waals surface area contributed by atoms with Crippen molar-refractivity contribution in [3.63, 3.8) is 0 Å². The molecule has 1 unspecified atom stereocenters. The number of hydrogen-bond donors (Lipinski definition) is 0. The van der Waals surface area contributed by atoms with Gasteiger partial charge in [0.25, 0.3) is 0 Å². The van der Waals surface area contributed by atoms with Gasteiger partial charge in [0.15, 0.2) is 6.10 Å². The first-order chi connectivity index (χ1) is 33.6. The average molecular weight is 948 g/mol. The molecule has 5 nitrogen and oxygen atoms in total. The molecule has 0 aromatic rings. The first-order valence-electron chi connectivity index (χ1n) is 29.1. The third-order valence-corrected chi connectivity index (χ3v) is 12.4. The van der Waals surface area contributed by atoms with Crippen molar-refractivity contribution in [2.45, 2.75) is 284 Å². The molecule has 68 heavy (non-hydrogen) atoms. The largest absolute Gasteiger partial charge is 0.462 e. The van der Waals surface area contributed by atoms with Crippen LogP contribution in [0.4, 0.5) is 0 Å². The maximum Gasteiger partial charge on any atom is 0.306 e. The number of carbonyl (C=O) groups is 2. The van der Waals surface area contributed by atoms with Crippen LogP contribution in [0.1, 0.15) is 278 Å². The average Bonchev–Trinajstić information content (AvgIpc) is 3.34. The van der Waals surface area contributed by atoms with Gasteiger partial charge in [-0.15, -0.1) is 0 Å². The maximum absolute atomic E-state index is 12.9. The number of hydrogen-bond acceptors (Lipinski definition) is 5. The first-order valence-corrected chi connectivity index (χ1v) is 29.1. The lowest BCUT2D eigenvalue weighted by molar-refractivity contribution is -0.163. The van der Waals surface area contributed by atoms with Crippen LogP contribution in [0.3, 0.4) is 0 Å². The highest BCUT2D eigenvalue weighted by Crippen LogP contribution is 2.15. The van der Waals surface area contributed by atoms with Gasteiger partial charge in [-0.1, -0.05) is 254 Å². The Morgan fingerprint density at radius 1 is 0.338 bits per heavy atom. The van der Waals surface area contributed by atoms with E-state index in [0.717, 1.165) is 96.3 Å². The van der Waals surface area contributed by atoms with Gasteiger partial charge in [0.2, 0.25) is 0 Å². The van der Waals surface area contributed by atoms with Crippen LogP contribution >= 0.6 is 0 Å². The van der Waals surface area contributed by atoms with Gasteiger partial charge >= 0.3 is 11.9 Å². The number of allylic oxidation sites excluding steroid dienone is 14. The Morgan fingerprint density at radius 2 is 0.662 bits per heavy atom. The van der Waals surface area contributed by atoms with Gasteiger partial charge in [-0.3, -0.25) is 9.59 Å². The number of esters is 2. The molecule has 0 amide bonds. The molecular formula is C63H110O5. The summed E-state index contributed by atoms with van der Waals surface area (Å²) < 4.78 is 17.5. The van der Waals surface area contributed by atoms with Gasteiger partial charge in [0, 0.05) is 19.4 Å². The summed E-state index contributed by atoms with van der Waals surface area (Å²) in [5, 5.41) is 0. The molecule has 1 atom stereocenters.